The molecule has 2 amide bonds. The van der Waals surface area contributed by atoms with E-state index >= 15 is 0 Å². The molecule has 8 heteroatoms. The topological polar surface area (TPSA) is 102 Å². The molecule has 2 fully saturated rings. The van der Waals surface area contributed by atoms with E-state index in [9.17, 15) is 14.4 Å². The van der Waals surface area contributed by atoms with Gasteiger partial charge in [-0.25, -0.2) is 9.59 Å². The zero-order chi connectivity index (χ0) is 22.9. The van der Waals surface area contributed by atoms with E-state index in [1.165, 1.54) is 0 Å². The van der Waals surface area contributed by atoms with Gasteiger partial charge >= 0.3 is 12.2 Å². The molecule has 0 aromatic rings. The molecule has 2 rings (SSSR count). The number of hydrogen-bond donors (Lipinski definition) is 1. The van der Waals surface area contributed by atoms with Gasteiger partial charge in [-0.05, 0) is 73.6 Å². The van der Waals surface area contributed by atoms with Crippen LogP contribution in [0.4, 0.5) is 9.59 Å². The first-order chi connectivity index (χ1) is 13.9. The Bertz CT molecular complexity index is 560. The van der Waals surface area contributed by atoms with Gasteiger partial charge in [0.25, 0.3) is 0 Å². The minimum absolute atomic E-state index is 0.231. The van der Waals surface area contributed by atoms with Crippen molar-refractivity contribution in [2.24, 2.45) is 5.73 Å². The SMILES string of the molecule is CC(C)(C)OC(=O)N(CCCC=O)C1CC1.CC(C)(C)OC(=O)N(CCN)C1CC1. The highest BCUT2D eigenvalue weighted by atomic mass is 16.6. The Morgan fingerprint density at radius 2 is 1.27 bits per heavy atom. The second kappa shape index (κ2) is 11.5. The minimum Gasteiger partial charge on any atom is -0.444 e. The third-order valence-electron chi connectivity index (χ3n) is 4.32. The van der Waals surface area contributed by atoms with Gasteiger partial charge in [-0.2, -0.15) is 0 Å². The summed E-state index contributed by atoms with van der Waals surface area (Å²) in [6, 6.07) is 0.704. The van der Waals surface area contributed by atoms with E-state index in [0.717, 1.165) is 38.4 Å². The molecule has 0 heterocycles. The van der Waals surface area contributed by atoms with Crippen LogP contribution in [0.3, 0.4) is 0 Å². The Kier molecular flexibility index (Phi) is 10.1. The molecule has 2 aliphatic carbocycles. The van der Waals surface area contributed by atoms with Crippen molar-refractivity contribution in [2.45, 2.75) is 103 Å². The lowest BCUT2D eigenvalue weighted by atomic mass is 10.2. The van der Waals surface area contributed by atoms with Gasteiger partial charge in [0.15, 0.2) is 0 Å². The van der Waals surface area contributed by atoms with E-state index in [-0.39, 0.29) is 12.2 Å². The highest BCUT2D eigenvalue weighted by molar-refractivity contribution is 5.69. The van der Waals surface area contributed by atoms with Gasteiger partial charge in [-0.1, -0.05) is 0 Å². The van der Waals surface area contributed by atoms with Crippen LogP contribution in [0.25, 0.3) is 0 Å². The predicted octanol–water partition coefficient (Wildman–Crippen LogP) is 3.71. The number of aldehydes is 1. The highest BCUT2D eigenvalue weighted by Gasteiger charge is 2.35. The summed E-state index contributed by atoms with van der Waals surface area (Å²) < 4.78 is 10.6. The number of rotatable bonds is 8. The summed E-state index contributed by atoms with van der Waals surface area (Å²) in [5.41, 5.74) is 4.58. The van der Waals surface area contributed by atoms with Crippen molar-refractivity contribution in [1.29, 1.82) is 0 Å². The first-order valence-corrected chi connectivity index (χ1v) is 11.0. The smallest absolute Gasteiger partial charge is 0.410 e. The summed E-state index contributed by atoms with van der Waals surface area (Å²) >= 11 is 0. The Labute approximate surface area is 181 Å². The maximum atomic E-state index is 11.8. The lowest BCUT2D eigenvalue weighted by molar-refractivity contribution is -0.108. The maximum Gasteiger partial charge on any atom is 0.410 e. The Morgan fingerprint density at radius 3 is 1.57 bits per heavy atom. The molecular weight excluding hydrogens is 386 g/mol. The summed E-state index contributed by atoms with van der Waals surface area (Å²) in [7, 11) is 0. The monoisotopic (exact) mass is 427 g/mol. The quantitative estimate of drug-likeness (QED) is 0.468. The average molecular weight is 428 g/mol. The molecule has 2 saturated carbocycles. The van der Waals surface area contributed by atoms with Gasteiger partial charge in [0.05, 0.1) is 0 Å². The second-order valence-electron chi connectivity index (χ2n) is 9.91. The van der Waals surface area contributed by atoms with Gasteiger partial charge in [-0.3, -0.25) is 0 Å². The summed E-state index contributed by atoms with van der Waals surface area (Å²) in [4.78, 5) is 37.3. The molecule has 0 aromatic carbocycles. The van der Waals surface area contributed by atoms with Crippen molar-refractivity contribution in [3.63, 3.8) is 0 Å². The summed E-state index contributed by atoms with van der Waals surface area (Å²) in [6.07, 6.45) is 5.91. The summed E-state index contributed by atoms with van der Waals surface area (Å²) in [6.45, 7) is 12.9. The van der Waals surface area contributed by atoms with Crippen molar-refractivity contribution in [3.8, 4) is 0 Å². The summed E-state index contributed by atoms with van der Waals surface area (Å²) in [5.74, 6) is 0. The number of unbranched alkanes of at least 4 members (excludes halogenated alkanes) is 1. The van der Waals surface area contributed by atoms with Crippen LogP contribution in [-0.2, 0) is 14.3 Å². The largest absolute Gasteiger partial charge is 0.444 e. The van der Waals surface area contributed by atoms with Crippen molar-refractivity contribution >= 4 is 18.5 Å². The fourth-order valence-corrected chi connectivity index (χ4v) is 2.74. The number of hydrogen-bond acceptors (Lipinski definition) is 6. The number of carbonyl (C=O) groups is 3. The van der Waals surface area contributed by atoms with Crippen LogP contribution in [0.2, 0.25) is 0 Å². The fraction of sp³-hybridized carbons (Fsp3) is 0.864. The highest BCUT2D eigenvalue weighted by Crippen LogP contribution is 2.29. The van der Waals surface area contributed by atoms with Crippen LogP contribution in [0.1, 0.15) is 80.1 Å². The van der Waals surface area contributed by atoms with E-state index in [0.29, 0.717) is 38.1 Å². The number of nitrogens with zero attached hydrogens (tertiary/aromatic N) is 2. The number of amides is 2. The van der Waals surface area contributed by atoms with Crippen LogP contribution >= 0.6 is 0 Å². The molecule has 174 valence electrons. The molecule has 0 aromatic heterocycles. The van der Waals surface area contributed by atoms with Crippen molar-refractivity contribution in [1.82, 2.24) is 9.80 Å². The zero-order valence-corrected chi connectivity index (χ0v) is 19.6. The standard InChI is InChI=1S/C12H21NO3.C10H20N2O2/c1-12(2,3)16-11(15)13(10-6-7-10)8-4-5-9-14;1-10(2,3)14-9(13)12(7-6-11)8-4-5-8/h9-10H,4-8H2,1-3H3;8H,4-7,11H2,1-3H3. The first-order valence-electron chi connectivity index (χ1n) is 11.0. The molecule has 8 nitrogen and oxygen atoms in total. The normalized spacial score (nSPS) is 16.1. The molecule has 0 unspecified atom stereocenters. The molecule has 0 bridgehead atoms. The minimum atomic E-state index is -0.450. The first kappa shape index (κ1) is 26.2. The third kappa shape index (κ3) is 11.4. The lowest BCUT2D eigenvalue weighted by Crippen LogP contribution is -2.40. The Balaban J connectivity index is 0.000000303. The Morgan fingerprint density at radius 1 is 0.867 bits per heavy atom. The van der Waals surface area contributed by atoms with Gasteiger partial charge < -0.3 is 29.8 Å². The van der Waals surface area contributed by atoms with Crippen LogP contribution in [0.5, 0.6) is 0 Å². The summed E-state index contributed by atoms with van der Waals surface area (Å²) in [5, 5.41) is 0. The van der Waals surface area contributed by atoms with Crippen LogP contribution < -0.4 is 5.73 Å². The predicted molar refractivity (Wildman–Crippen MR) is 116 cm³/mol. The molecular formula is C22H41N3O5. The van der Waals surface area contributed by atoms with E-state index in [1.54, 1.807) is 9.80 Å². The van der Waals surface area contributed by atoms with E-state index in [4.69, 9.17) is 15.2 Å². The van der Waals surface area contributed by atoms with E-state index < -0.39 is 11.2 Å². The van der Waals surface area contributed by atoms with Crippen LogP contribution in [0, 0.1) is 0 Å². The molecule has 0 saturated heterocycles. The maximum absolute atomic E-state index is 11.8. The van der Waals surface area contributed by atoms with Crippen LogP contribution in [-0.4, -0.2) is 71.2 Å². The molecule has 0 atom stereocenters. The fourth-order valence-electron chi connectivity index (χ4n) is 2.74. The van der Waals surface area contributed by atoms with Gasteiger partial charge in [0, 0.05) is 38.1 Å². The molecule has 2 N–H and O–H groups in total. The number of nitrogens with two attached hydrogens (primary N) is 1. The Hall–Kier alpha value is -1.83. The van der Waals surface area contributed by atoms with Crippen molar-refractivity contribution < 1.29 is 23.9 Å². The second-order valence-corrected chi connectivity index (χ2v) is 9.91. The number of carbonyl (C=O) groups excluding carboxylic acids is 3. The van der Waals surface area contributed by atoms with Gasteiger partial charge in [0.2, 0.25) is 0 Å². The third-order valence-corrected chi connectivity index (χ3v) is 4.32. The van der Waals surface area contributed by atoms with Crippen LogP contribution in [0.15, 0.2) is 0 Å². The van der Waals surface area contributed by atoms with Crippen molar-refractivity contribution in [3.05, 3.63) is 0 Å². The molecule has 2 aliphatic rings. The average Bonchev–Trinajstić information content (AvgIpc) is 3.47. The van der Waals surface area contributed by atoms with Gasteiger partial charge in [-0.15, -0.1) is 0 Å². The molecule has 30 heavy (non-hydrogen) atoms. The lowest BCUT2D eigenvalue weighted by Gasteiger charge is -2.27. The molecule has 0 aliphatic heterocycles. The zero-order valence-electron chi connectivity index (χ0n) is 19.6. The molecule has 0 radical (unpaired) electrons. The van der Waals surface area contributed by atoms with Crippen molar-refractivity contribution in [2.75, 3.05) is 19.6 Å². The number of ether oxygens (including phenoxy) is 2. The van der Waals surface area contributed by atoms with Gasteiger partial charge in [0.1, 0.15) is 17.5 Å². The molecule has 0 spiro atoms. The van der Waals surface area contributed by atoms with E-state index in [2.05, 4.69) is 0 Å². The van der Waals surface area contributed by atoms with E-state index in [1.807, 2.05) is 41.5 Å².